The lowest BCUT2D eigenvalue weighted by atomic mass is 10.0. The lowest BCUT2D eigenvalue weighted by molar-refractivity contribution is 0.0408. The van der Waals surface area contributed by atoms with Crippen LogP contribution in [-0.4, -0.2) is 69.5 Å². The Morgan fingerprint density at radius 3 is 2.48 bits per heavy atom. The quantitative estimate of drug-likeness (QED) is 0.696. The Morgan fingerprint density at radius 1 is 1.11 bits per heavy atom. The second-order valence-corrected chi connectivity index (χ2v) is 9.04. The summed E-state index contributed by atoms with van der Waals surface area (Å²) in [6, 6.07) is -0.130. The van der Waals surface area contributed by atoms with Crippen molar-refractivity contribution in [2.75, 3.05) is 50.0 Å². The summed E-state index contributed by atoms with van der Waals surface area (Å²) >= 11 is 0. The molecule has 0 saturated carbocycles. The number of sulfone groups is 1. The first-order chi connectivity index (χ1) is 12.8. The van der Waals surface area contributed by atoms with Crippen LogP contribution in [0.3, 0.4) is 0 Å². The minimum Gasteiger partial charge on any atom is -0.379 e. The average molecular weight is 407 g/mol. The molecule has 10 heteroatoms. The van der Waals surface area contributed by atoms with Gasteiger partial charge in [0.1, 0.15) is 4.90 Å². The topological polar surface area (TPSA) is 62.7 Å². The first-order valence-electron chi connectivity index (χ1n) is 9.15. The van der Waals surface area contributed by atoms with E-state index < -0.39 is 43.9 Å². The van der Waals surface area contributed by atoms with Crippen LogP contribution in [0.4, 0.5) is 19.0 Å². The fourth-order valence-corrected chi connectivity index (χ4v) is 4.96. The van der Waals surface area contributed by atoms with Crippen LogP contribution in [0.2, 0.25) is 0 Å². The summed E-state index contributed by atoms with van der Waals surface area (Å²) < 4.78 is 73.8. The van der Waals surface area contributed by atoms with E-state index in [0.717, 1.165) is 19.3 Å². The molecule has 152 valence electrons. The maximum absolute atomic E-state index is 15.0. The molecule has 27 heavy (non-hydrogen) atoms. The highest BCUT2D eigenvalue weighted by molar-refractivity contribution is 7.91. The Kier molecular flexibility index (Phi) is 6.27. The number of morpholine rings is 1. The molecule has 2 aliphatic heterocycles. The van der Waals surface area contributed by atoms with Crippen molar-refractivity contribution >= 4 is 15.7 Å². The Morgan fingerprint density at radius 2 is 1.81 bits per heavy atom. The SMILES string of the molecule is CC1CCCCN1c1nc(F)c(F)c(S(=O)(=O)CCN2CCOCC2)c1F. The number of hydrogen-bond donors (Lipinski definition) is 0. The van der Waals surface area contributed by atoms with E-state index in [1.54, 1.807) is 0 Å². The van der Waals surface area contributed by atoms with Gasteiger partial charge in [-0.3, -0.25) is 4.90 Å². The molecule has 0 bridgehead atoms. The monoisotopic (exact) mass is 407 g/mol. The zero-order valence-corrected chi connectivity index (χ0v) is 16.1. The summed E-state index contributed by atoms with van der Waals surface area (Å²) in [5, 5.41) is 0. The van der Waals surface area contributed by atoms with E-state index in [1.807, 2.05) is 11.8 Å². The maximum atomic E-state index is 15.0. The summed E-state index contributed by atoms with van der Waals surface area (Å²) in [5.41, 5.74) is 0. The minimum atomic E-state index is -4.36. The van der Waals surface area contributed by atoms with E-state index in [0.29, 0.717) is 32.8 Å². The molecule has 1 unspecified atom stereocenters. The van der Waals surface area contributed by atoms with E-state index >= 15 is 4.39 Å². The largest absolute Gasteiger partial charge is 0.379 e. The van der Waals surface area contributed by atoms with Crippen LogP contribution in [0, 0.1) is 17.6 Å². The van der Waals surface area contributed by atoms with Crippen molar-refractivity contribution in [3.05, 3.63) is 17.6 Å². The smallest absolute Gasteiger partial charge is 0.252 e. The Labute approximate surface area is 157 Å². The van der Waals surface area contributed by atoms with Gasteiger partial charge in [0.15, 0.2) is 27.3 Å². The van der Waals surface area contributed by atoms with E-state index in [1.165, 1.54) is 4.90 Å². The van der Waals surface area contributed by atoms with Gasteiger partial charge in [-0.2, -0.15) is 9.37 Å². The molecular weight excluding hydrogens is 383 g/mol. The summed E-state index contributed by atoms with van der Waals surface area (Å²) in [6.45, 7) is 4.39. The number of ether oxygens (including phenoxy) is 1. The molecule has 1 atom stereocenters. The molecule has 0 aliphatic carbocycles. The highest BCUT2D eigenvalue weighted by Crippen LogP contribution is 2.31. The molecule has 3 rings (SSSR count). The molecule has 2 saturated heterocycles. The van der Waals surface area contributed by atoms with Crippen LogP contribution in [0.25, 0.3) is 0 Å². The van der Waals surface area contributed by atoms with Gasteiger partial charge in [-0.1, -0.05) is 0 Å². The van der Waals surface area contributed by atoms with E-state index in [2.05, 4.69) is 4.98 Å². The number of halogens is 3. The third kappa shape index (κ3) is 4.38. The molecule has 1 aromatic rings. The van der Waals surface area contributed by atoms with Crippen LogP contribution in [0.15, 0.2) is 4.90 Å². The molecule has 0 N–H and O–H groups in total. The number of piperidine rings is 1. The van der Waals surface area contributed by atoms with Gasteiger partial charge >= 0.3 is 0 Å². The lowest BCUT2D eigenvalue weighted by Crippen LogP contribution is -2.40. The predicted octanol–water partition coefficient (Wildman–Crippen LogP) is 1.98. The number of pyridine rings is 1. The van der Waals surface area contributed by atoms with Crippen LogP contribution < -0.4 is 4.90 Å². The lowest BCUT2D eigenvalue weighted by Gasteiger charge is -2.34. The van der Waals surface area contributed by atoms with E-state index in [4.69, 9.17) is 4.74 Å². The number of rotatable bonds is 5. The van der Waals surface area contributed by atoms with Crippen molar-refractivity contribution in [2.45, 2.75) is 37.1 Å². The van der Waals surface area contributed by atoms with Gasteiger partial charge in [0.2, 0.25) is 0 Å². The van der Waals surface area contributed by atoms with Gasteiger partial charge in [0.25, 0.3) is 5.95 Å². The van der Waals surface area contributed by atoms with Gasteiger partial charge in [-0.25, -0.2) is 17.2 Å². The normalized spacial score (nSPS) is 22.2. The molecule has 0 spiro atoms. The van der Waals surface area contributed by atoms with Crippen molar-refractivity contribution < 1.29 is 26.3 Å². The molecule has 0 radical (unpaired) electrons. The van der Waals surface area contributed by atoms with Crippen molar-refractivity contribution in [3.8, 4) is 0 Å². The Balaban J connectivity index is 1.91. The number of hydrogen-bond acceptors (Lipinski definition) is 6. The molecule has 1 aromatic heterocycles. The Bertz CT molecular complexity index is 785. The Hall–Kier alpha value is -1.39. The van der Waals surface area contributed by atoms with Gasteiger partial charge in [0, 0.05) is 32.2 Å². The number of anilines is 1. The standard InChI is InChI=1S/C17H24F3N3O3S/c1-12-4-2-3-5-23(12)17-14(19)15(13(18)16(20)21-17)27(24,25)11-8-22-6-9-26-10-7-22/h12H,2-11H2,1H3. The highest BCUT2D eigenvalue weighted by Gasteiger charge is 2.34. The zero-order valence-electron chi connectivity index (χ0n) is 15.3. The predicted molar refractivity (Wildman–Crippen MR) is 94.1 cm³/mol. The number of aromatic nitrogens is 1. The molecule has 0 amide bonds. The third-order valence-electron chi connectivity index (χ3n) is 5.15. The minimum absolute atomic E-state index is 0.101. The molecule has 6 nitrogen and oxygen atoms in total. The van der Waals surface area contributed by atoms with Crippen molar-refractivity contribution in [3.63, 3.8) is 0 Å². The van der Waals surface area contributed by atoms with Gasteiger partial charge in [0.05, 0.1) is 19.0 Å². The molecule has 2 aliphatic rings. The van der Waals surface area contributed by atoms with Gasteiger partial charge in [-0.05, 0) is 26.2 Å². The van der Waals surface area contributed by atoms with Crippen LogP contribution in [0.1, 0.15) is 26.2 Å². The fourth-order valence-electron chi connectivity index (χ4n) is 3.53. The highest BCUT2D eigenvalue weighted by atomic mass is 32.2. The third-order valence-corrected chi connectivity index (χ3v) is 6.85. The second-order valence-electron chi connectivity index (χ2n) is 6.99. The molecule has 0 aromatic carbocycles. The van der Waals surface area contributed by atoms with Gasteiger partial charge in [-0.15, -0.1) is 0 Å². The summed E-state index contributed by atoms with van der Waals surface area (Å²) in [4.78, 5) is 5.53. The summed E-state index contributed by atoms with van der Waals surface area (Å²) in [5.74, 6) is -5.56. The summed E-state index contributed by atoms with van der Waals surface area (Å²) in [7, 11) is -4.36. The number of nitrogens with zero attached hydrogens (tertiary/aromatic N) is 3. The van der Waals surface area contributed by atoms with Crippen molar-refractivity contribution in [2.24, 2.45) is 0 Å². The maximum Gasteiger partial charge on any atom is 0.252 e. The van der Waals surface area contributed by atoms with E-state index in [9.17, 15) is 17.2 Å². The first-order valence-corrected chi connectivity index (χ1v) is 10.8. The van der Waals surface area contributed by atoms with Crippen molar-refractivity contribution in [1.29, 1.82) is 0 Å². The first kappa shape index (κ1) is 20.3. The van der Waals surface area contributed by atoms with Crippen LogP contribution in [-0.2, 0) is 14.6 Å². The van der Waals surface area contributed by atoms with Crippen LogP contribution in [0.5, 0.6) is 0 Å². The summed E-state index contributed by atoms with van der Waals surface area (Å²) in [6.07, 6.45) is 2.44. The molecule has 3 heterocycles. The van der Waals surface area contributed by atoms with E-state index in [-0.39, 0.29) is 12.6 Å². The molecular formula is C17H24F3N3O3S. The van der Waals surface area contributed by atoms with Crippen LogP contribution >= 0.6 is 0 Å². The molecule has 2 fully saturated rings. The van der Waals surface area contributed by atoms with Gasteiger partial charge < -0.3 is 9.64 Å². The zero-order chi connectivity index (χ0) is 19.6. The average Bonchev–Trinajstić information content (AvgIpc) is 2.65. The second kappa shape index (κ2) is 8.32. The van der Waals surface area contributed by atoms with Crippen molar-refractivity contribution in [1.82, 2.24) is 9.88 Å². The fraction of sp³-hybridized carbons (Fsp3) is 0.706.